The second kappa shape index (κ2) is 1.04. The van der Waals surface area contributed by atoms with Crippen molar-refractivity contribution in [3.63, 3.8) is 0 Å². The van der Waals surface area contributed by atoms with E-state index in [1.54, 1.807) is 0 Å². The van der Waals surface area contributed by atoms with Crippen LogP contribution in [0.15, 0.2) is 6.20 Å². The van der Waals surface area contributed by atoms with E-state index >= 15 is 0 Å². The van der Waals surface area contributed by atoms with Crippen LogP contribution in [0.1, 0.15) is 0 Å². The number of rotatable bonds is 1. The van der Waals surface area contributed by atoms with E-state index in [1.807, 2.05) is 0 Å². The molecule has 1 aromatic heterocycles. The molecule has 6 heteroatoms. The summed E-state index contributed by atoms with van der Waals surface area (Å²) in [7, 11) is 0. The molecule has 6 nitrogen and oxygen atoms in total. The monoisotopic (exact) mass is 126 g/mol. The number of hydrazine groups is 1. The number of imidazole rings is 1. The highest BCUT2D eigenvalue weighted by Gasteiger charge is 2.35. The molecular formula is C3H2N4O2. The fourth-order valence-electron chi connectivity index (χ4n) is 0.744. The van der Waals surface area contributed by atoms with Crippen LogP contribution in [0.5, 0.6) is 0 Å². The van der Waals surface area contributed by atoms with Gasteiger partial charge in [-0.25, -0.2) is 10.1 Å². The Hall–Kier alpha value is -1.59. The second-order valence-corrected chi connectivity index (χ2v) is 1.63. The Bertz CT molecular complexity index is 241. The molecule has 2 aliphatic heterocycles. The number of nitro groups is 1. The van der Waals surface area contributed by atoms with E-state index < -0.39 is 5.03 Å². The van der Waals surface area contributed by atoms with Gasteiger partial charge >= 0.3 is 0 Å². The van der Waals surface area contributed by atoms with Gasteiger partial charge in [0.05, 0.1) is 6.20 Å². The van der Waals surface area contributed by atoms with Gasteiger partial charge in [-0.15, -0.1) is 0 Å². The summed E-state index contributed by atoms with van der Waals surface area (Å²) in [5.74, 6) is 0.671. The van der Waals surface area contributed by atoms with Gasteiger partial charge in [0.15, 0.2) is 5.03 Å². The Balaban J connectivity index is 2.40. The molecule has 0 unspecified atom stereocenters. The average molecular weight is 126 g/mol. The van der Waals surface area contributed by atoms with E-state index in [0.717, 1.165) is 5.01 Å². The van der Waals surface area contributed by atoms with Crippen LogP contribution in [0.2, 0.25) is 0 Å². The highest BCUT2D eigenvalue weighted by molar-refractivity contribution is 5.60. The SMILES string of the molecule is O=[N+]([O-])N1c2c[nH]c1n2. The van der Waals surface area contributed by atoms with Crippen LogP contribution < -0.4 is 5.01 Å². The number of H-pyrrole nitrogens is 1. The number of hydrogen-bond acceptors (Lipinski definition) is 3. The number of fused-ring (bicyclic) bond motifs is 1. The van der Waals surface area contributed by atoms with Crippen LogP contribution >= 0.6 is 0 Å². The molecule has 3 heterocycles. The molecule has 0 spiro atoms. The summed E-state index contributed by atoms with van der Waals surface area (Å²) in [4.78, 5) is 16.3. The molecule has 0 saturated heterocycles. The molecule has 46 valence electrons. The first-order chi connectivity index (χ1) is 4.29. The van der Waals surface area contributed by atoms with Gasteiger partial charge < -0.3 is 4.98 Å². The molecule has 9 heavy (non-hydrogen) atoms. The summed E-state index contributed by atoms with van der Waals surface area (Å²) < 4.78 is 0. The van der Waals surface area contributed by atoms with E-state index in [1.165, 1.54) is 6.20 Å². The molecule has 2 aliphatic rings. The van der Waals surface area contributed by atoms with Crippen LogP contribution in [0, 0.1) is 10.1 Å². The maximum Gasteiger partial charge on any atom is 0.276 e. The van der Waals surface area contributed by atoms with Gasteiger partial charge in [-0.1, -0.05) is 0 Å². The Kier molecular flexibility index (Phi) is 0.499. The average Bonchev–Trinajstić information content (AvgIpc) is 2.13. The normalized spacial score (nSPS) is 13.1. The molecule has 3 rings (SSSR count). The first kappa shape index (κ1) is 4.30. The second-order valence-electron chi connectivity index (χ2n) is 1.63. The fourth-order valence-corrected chi connectivity index (χ4v) is 0.744. The van der Waals surface area contributed by atoms with Gasteiger partial charge in [-0.2, -0.15) is 4.98 Å². The zero-order valence-electron chi connectivity index (χ0n) is 4.24. The Morgan fingerprint density at radius 3 is 2.89 bits per heavy atom. The number of hydrogen-bond donors (Lipinski definition) is 1. The van der Waals surface area contributed by atoms with Crippen LogP contribution in [0.3, 0.4) is 0 Å². The van der Waals surface area contributed by atoms with Crippen LogP contribution in [-0.2, 0) is 0 Å². The van der Waals surface area contributed by atoms with Gasteiger partial charge in [0.25, 0.3) is 5.95 Å². The highest BCUT2D eigenvalue weighted by atomic mass is 16.7. The lowest BCUT2D eigenvalue weighted by molar-refractivity contribution is -0.487. The quantitative estimate of drug-likeness (QED) is 0.426. The fraction of sp³-hybridized carbons (Fsp3) is 0. The van der Waals surface area contributed by atoms with Crippen molar-refractivity contribution in [3.05, 3.63) is 16.3 Å². The first-order valence-electron chi connectivity index (χ1n) is 2.29. The number of anilines is 2. The molecule has 1 aromatic rings. The molecule has 0 aromatic carbocycles. The molecule has 0 amide bonds. The highest BCUT2D eigenvalue weighted by Crippen LogP contribution is 2.30. The van der Waals surface area contributed by atoms with E-state index in [2.05, 4.69) is 9.97 Å². The van der Waals surface area contributed by atoms with Gasteiger partial charge in [0, 0.05) is 0 Å². The summed E-state index contributed by atoms with van der Waals surface area (Å²) in [6, 6.07) is 0. The lowest BCUT2D eigenvalue weighted by Crippen LogP contribution is -2.29. The van der Waals surface area contributed by atoms with Gasteiger partial charge in [0.1, 0.15) is 0 Å². The lowest BCUT2D eigenvalue weighted by atomic mass is 10.7. The molecular weight excluding hydrogens is 124 g/mol. The van der Waals surface area contributed by atoms with Gasteiger partial charge in [-0.05, 0) is 5.01 Å². The zero-order valence-corrected chi connectivity index (χ0v) is 4.24. The Morgan fingerprint density at radius 1 is 1.89 bits per heavy atom. The van der Waals surface area contributed by atoms with Crippen molar-refractivity contribution in [2.75, 3.05) is 5.01 Å². The third kappa shape index (κ3) is 0.331. The summed E-state index contributed by atoms with van der Waals surface area (Å²) in [6.45, 7) is 0. The van der Waals surface area contributed by atoms with Crippen LogP contribution in [0.25, 0.3) is 0 Å². The van der Waals surface area contributed by atoms with Gasteiger partial charge in [-0.3, -0.25) is 0 Å². The largest absolute Gasteiger partial charge is 0.323 e. The molecule has 0 saturated carbocycles. The predicted molar refractivity (Wildman–Crippen MR) is 27.7 cm³/mol. The van der Waals surface area contributed by atoms with Crippen molar-refractivity contribution in [3.8, 4) is 0 Å². The smallest absolute Gasteiger partial charge is 0.276 e. The molecule has 0 fully saturated rings. The maximum atomic E-state index is 10.0. The Labute approximate surface area is 49.2 Å². The Morgan fingerprint density at radius 2 is 2.67 bits per heavy atom. The van der Waals surface area contributed by atoms with Crippen molar-refractivity contribution < 1.29 is 5.03 Å². The van der Waals surface area contributed by atoms with Crippen molar-refractivity contribution >= 4 is 11.8 Å². The van der Waals surface area contributed by atoms with E-state index in [9.17, 15) is 10.1 Å². The molecule has 0 radical (unpaired) electrons. The zero-order chi connectivity index (χ0) is 6.43. The third-order valence-corrected chi connectivity index (χ3v) is 1.13. The van der Waals surface area contributed by atoms with Crippen LogP contribution in [0.4, 0.5) is 11.8 Å². The number of aromatic nitrogens is 2. The minimum absolute atomic E-state index is 0.301. The summed E-state index contributed by atoms with van der Waals surface area (Å²) in [6.07, 6.45) is 1.48. The minimum Gasteiger partial charge on any atom is -0.323 e. The lowest BCUT2D eigenvalue weighted by Gasteiger charge is -2.10. The van der Waals surface area contributed by atoms with E-state index in [-0.39, 0.29) is 0 Å². The molecule has 2 bridgehead atoms. The minimum atomic E-state index is -0.520. The van der Waals surface area contributed by atoms with E-state index in [0.29, 0.717) is 11.8 Å². The number of nitrogens with one attached hydrogen (secondary N) is 1. The van der Waals surface area contributed by atoms with Crippen molar-refractivity contribution in [1.29, 1.82) is 0 Å². The topological polar surface area (TPSA) is 75.1 Å². The van der Waals surface area contributed by atoms with Crippen LogP contribution in [-0.4, -0.2) is 15.0 Å². The van der Waals surface area contributed by atoms with E-state index in [4.69, 9.17) is 0 Å². The van der Waals surface area contributed by atoms with Crippen molar-refractivity contribution in [2.24, 2.45) is 0 Å². The first-order valence-corrected chi connectivity index (χ1v) is 2.29. The van der Waals surface area contributed by atoms with Gasteiger partial charge in [0.2, 0.25) is 5.82 Å². The molecule has 0 aliphatic carbocycles. The summed E-state index contributed by atoms with van der Waals surface area (Å²) >= 11 is 0. The molecule has 0 atom stereocenters. The standard InChI is InChI=1S/C3H2N4O2/c8-7(9)6-2-1-4-3(6)5-2/h1H,(H,4,5). The maximum absolute atomic E-state index is 10.0. The predicted octanol–water partition coefficient (Wildman–Crippen LogP) is 0.0529. The molecule has 1 N–H and O–H groups in total. The number of aromatic amines is 1. The summed E-state index contributed by atoms with van der Waals surface area (Å²) in [5.41, 5.74) is 0. The van der Waals surface area contributed by atoms with Crippen molar-refractivity contribution in [1.82, 2.24) is 9.97 Å². The number of nitrogens with zero attached hydrogens (tertiary/aromatic N) is 3. The summed E-state index contributed by atoms with van der Waals surface area (Å²) in [5, 5.41) is 10.4. The third-order valence-electron chi connectivity index (χ3n) is 1.13. The van der Waals surface area contributed by atoms with Crippen molar-refractivity contribution in [2.45, 2.75) is 0 Å².